The Morgan fingerprint density at radius 2 is 2.00 bits per heavy atom. The van der Waals surface area contributed by atoms with Gasteiger partial charge in [0.2, 0.25) is 0 Å². The van der Waals surface area contributed by atoms with E-state index in [1.165, 1.54) is 6.92 Å². The van der Waals surface area contributed by atoms with Crippen LogP contribution in [0.3, 0.4) is 0 Å². The van der Waals surface area contributed by atoms with Gasteiger partial charge in [-0.2, -0.15) is 0 Å². The third-order valence-corrected chi connectivity index (χ3v) is 2.47. The summed E-state index contributed by atoms with van der Waals surface area (Å²) in [6, 6.07) is 7.15. The van der Waals surface area contributed by atoms with Crippen LogP contribution in [0.25, 0.3) is 6.08 Å². The number of carbonyl (C=O) groups excluding carboxylic acids is 1. The number of Topliss-reactive ketones (excluding diaryl/α,β-unsaturated/α-hetero) is 1. The highest BCUT2D eigenvalue weighted by molar-refractivity contribution is 6.32. The second kappa shape index (κ2) is 5.47. The minimum Gasteiger partial charge on any atom is -0.411 e. The summed E-state index contributed by atoms with van der Waals surface area (Å²) in [4.78, 5) is 11.4. The number of benzene rings is 1. The maximum absolute atomic E-state index is 11.4. The van der Waals surface area contributed by atoms with Crippen LogP contribution in [0.15, 0.2) is 35.0 Å². The molecule has 0 radical (unpaired) electrons. The molecule has 0 amide bonds. The van der Waals surface area contributed by atoms with Crippen molar-refractivity contribution < 1.29 is 10.0 Å². The summed E-state index contributed by atoms with van der Waals surface area (Å²) in [6.45, 7) is 2.97. The molecule has 0 aromatic heterocycles. The minimum absolute atomic E-state index is 0.171. The van der Waals surface area contributed by atoms with Crippen LogP contribution < -0.4 is 0 Å². The molecule has 1 rings (SSSR count). The fraction of sp³-hybridized carbons (Fsp3) is 0.167. The van der Waals surface area contributed by atoms with E-state index in [1.54, 1.807) is 31.2 Å². The number of carbonyl (C=O) groups is 1. The number of hydrogen-bond acceptors (Lipinski definition) is 3. The molecule has 0 saturated heterocycles. The van der Waals surface area contributed by atoms with Crippen LogP contribution >= 0.6 is 11.6 Å². The SMILES string of the molecule is CC(=O)C(=C/c1ccccc1Cl)/C(C)=N/O. The Balaban J connectivity index is 3.24. The second-order valence-corrected chi connectivity index (χ2v) is 3.73. The highest BCUT2D eigenvalue weighted by Gasteiger charge is 2.09. The van der Waals surface area contributed by atoms with Gasteiger partial charge in [0.15, 0.2) is 5.78 Å². The molecule has 0 bridgehead atoms. The van der Waals surface area contributed by atoms with Crippen LogP contribution in [-0.4, -0.2) is 16.7 Å². The number of hydrogen-bond donors (Lipinski definition) is 1. The maximum Gasteiger partial charge on any atom is 0.161 e. The average Bonchev–Trinajstić information content (AvgIpc) is 2.26. The van der Waals surface area contributed by atoms with Crippen molar-refractivity contribution in [2.24, 2.45) is 5.16 Å². The predicted molar refractivity (Wildman–Crippen MR) is 65.0 cm³/mol. The van der Waals surface area contributed by atoms with Crippen molar-refractivity contribution in [2.45, 2.75) is 13.8 Å². The molecule has 1 N–H and O–H groups in total. The zero-order valence-corrected chi connectivity index (χ0v) is 9.82. The number of rotatable bonds is 3. The third kappa shape index (κ3) is 2.94. The van der Waals surface area contributed by atoms with Gasteiger partial charge >= 0.3 is 0 Å². The standard InChI is InChI=1S/C12H12ClNO2/c1-8(14-16)11(9(2)15)7-10-5-3-4-6-12(10)13/h3-7,16H,1-2H3/b11-7+,14-8+. The largest absolute Gasteiger partial charge is 0.411 e. The zero-order valence-electron chi connectivity index (χ0n) is 9.07. The summed E-state index contributed by atoms with van der Waals surface area (Å²) >= 11 is 5.96. The molecule has 0 spiro atoms. The molecule has 1 aromatic carbocycles. The Labute approximate surface area is 99.0 Å². The summed E-state index contributed by atoms with van der Waals surface area (Å²) < 4.78 is 0. The third-order valence-electron chi connectivity index (χ3n) is 2.12. The van der Waals surface area contributed by atoms with Crippen LogP contribution in [0.1, 0.15) is 19.4 Å². The van der Waals surface area contributed by atoms with Gasteiger partial charge in [-0.05, 0) is 31.6 Å². The maximum atomic E-state index is 11.4. The van der Waals surface area contributed by atoms with Crippen molar-refractivity contribution in [1.29, 1.82) is 0 Å². The van der Waals surface area contributed by atoms with Crippen LogP contribution in [0, 0.1) is 0 Å². The van der Waals surface area contributed by atoms with Gasteiger partial charge in [0.05, 0.1) is 5.71 Å². The van der Waals surface area contributed by atoms with Crippen LogP contribution in [0.4, 0.5) is 0 Å². The van der Waals surface area contributed by atoms with E-state index in [0.717, 1.165) is 5.56 Å². The molecule has 16 heavy (non-hydrogen) atoms. The first-order chi connectivity index (χ1) is 7.56. The molecule has 0 fully saturated rings. The lowest BCUT2D eigenvalue weighted by atomic mass is 10.0. The lowest BCUT2D eigenvalue weighted by Gasteiger charge is -2.03. The number of nitrogens with zero attached hydrogens (tertiary/aromatic N) is 1. The number of allylic oxidation sites excluding steroid dienone is 1. The second-order valence-electron chi connectivity index (χ2n) is 3.32. The van der Waals surface area contributed by atoms with Gasteiger partial charge in [-0.25, -0.2) is 0 Å². The number of halogens is 1. The predicted octanol–water partition coefficient (Wildman–Crippen LogP) is 3.16. The molecule has 0 atom stereocenters. The quantitative estimate of drug-likeness (QED) is 0.380. The minimum atomic E-state index is -0.171. The summed E-state index contributed by atoms with van der Waals surface area (Å²) in [5.74, 6) is -0.171. The van der Waals surface area contributed by atoms with E-state index in [1.807, 2.05) is 6.07 Å². The Morgan fingerprint density at radius 1 is 1.38 bits per heavy atom. The van der Waals surface area contributed by atoms with Crippen LogP contribution in [0.5, 0.6) is 0 Å². The first-order valence-electron chi connectivity index (χ1n) is 4.72. The van der Waals surface area contributed by atoms with Gasteiger partial charge in [0.25, 0.3) is 0 Å². The zero-order chi connectivity index (χ0) is 12.1. The molecule has 0 saturated carbocycles. The molecule has 0 aliphatic carbocycles. The Hall–Kier alpha value is -1.61. The Morgan fingerprint density at radius 3 is 2.50 bits per heavy atom. The molecule has 0 unspecified atom stereocenters. The lowest BCUT2D eigenvalue weighted by Crippen LogP contribution is -2.06. The van der Waals surface area contributed by atoms with E-state index in [4.69, 9.17) is 16.8 Å². The van der Waals surface area contributed by atoms with Crippen LogP contribution in [-0.2, 0) is 4.79 Å². The molecule has 0 aliphatic heterocycles. The first kappa shape index (κ1) is 12.5. The van der Waals surface area contributed by atoms with Gasteiger partial charge < -0.3 is 5.21 Å². The number of ketones is 1. The molecule has 0 heterocycles. The van der Waals surface area contributed by atoms with Crippen molar-refractivity contribution in [1.82, 2.24) is 0 Å². The summed E-state index contributed by atoms with van der Waals surface area (Å²) in [7, 11) is 0. The molecule has 3 nitrogen and oxygen atoms in total. The lowest BCUT2D eigenvalue weighted by molar-refractivity contribution is -0.113. The molecule has 1 aromatic rings. The van der Waals surface area contributed by atoms with Crippen molar-refractivity contribution >= 4 is 29.2 Å². The summed E-state index contributed by atoms with van der Waals surface area (Å²) in [5, 5.41) is 12.2. The van der Waals surface area contributed by atoms with E-state index < -0.39 is 0 Å². The van der Waals surface area contributed by atoms with E-state index in [9.17, 15) is 4.79 Å². The van der Waals surface area contributed by atoms with Gasteiger partial charge in [0, 0.05) is 10.6 Å². The van der Waals surface area contributed by atoms with E-state index in [0.29, 0.717) is 10.6 Å². The van der Waals surface area contributed by atoms with Gasteiger partial charge in [-0.3, -0.25) is 4.79 Å². The summed E-state index contributed by atoms with van der Waals surface area (Å²) in [6.07, 6.45) is 1.61. The summed E-state index contributed by atoms with van der Waals surface area (Å²) in [5.41, 5.74) is 1.33. The highest BCUT2D eigenvalue weighted by Crippen LogP contribution is 2.19. The van der Waals surface area contributed by atoms with Crippen molar-refractivity contribution in [3.63, 3.8) is 0 Å². The molecule has 84 valence electrons. The van der Waals surface area contributed by atoms with Gasteiger partial charge in [-0.15, -0.1) is 0 Å². The monoisotopic (exact) mass is 237 g/mol. The molecular weight excluding hydrogens is 226 g/mol. The smallest absolute Gasteiger partial charge is 0.161 e. The van der Waals surface area contributed by atoms with Gasteiger partial charge in [0.1, 0.15) is 0 Å². The molecule has 4 heteroatoms. The van der Waals surface area contributed by atoms with Gasteiger partial charge in [-0.1, -0.05) is 35.0 Å². The molecule has 0 aliphatic rings. The van der Waals surface area contributed by atoms with Crippen LogP contribution in [0.2, 0.25) is 5.02 Å². The van der Waals surface area contributed by atoms with Crippen molar-refractivity contribution in [2.75, 3.05) is 0 Å². The van der Waals surface area contributed by atoms with Crippen molar-refractivity contribution in [3.05, 3.63) is 40.4 Å². The first-order valence-corrected chi connectivity index (χ1v) is 5.10. The Bertz CT molecular complexity index is 464. The van der Waals surface area contributed by atoms with E-state index in [-0.39, 0.29) is 11.5 Å². The average molecular weight is 238 g/mol. The highest BCUT2D eigenvalue weighted by atomic mass is 35.5. The van der Waals surface area contributed by atoms with Crippen molar-refractivity contribution in [3.8, 4) is 0 Å². The number of oxime groups is 1. The fourth-order valence-corrected chi connectivity index (χ4v) is 1.45. The Kier molecular flexibility index (Phi) is 4.26. The molecular formula is C12H12ClNO2. The van der Waals surface area contributed by atoms with E-state index in [2.05, 4.69) is 5.16 Å². The van der Waals surface area contributed by atoms with E-state index >= 15 is 0 Å². The fourth-order valence-electron chi connectivity index (χ4n) is 1.26. The normalized spacial score (nSPS) is 12.7. The topological polar surface area (TPSA) is 49.7 Å².